The highest BCUT2D eigenvalue weighted by Gasteiger charge is 2.22. The van der Waals surface area contributed by atoms with Crippen molar-refractivity contribution < 1.29 is 4.42 Å². The molecule has 8 rings (SSSR count). The summed E-state index contributed by atoms with van der Waals surface area (Å²) in [4.78, 5) is 15.0. The van der Waals surface area contributed by atoms with E-state index in [0.717, 1.165) is 50.6 Å². The van der Waals surface area contributed by atoms with Gasteiger partial charge in [-0.05, 0) is 35.7 Å². The number of rotatable bonds is 5. The molecule has 0 spiro atoms. The summed E-state index contributed by atoms with van der Waals surface area (Å²) < 4.78 is 6.67. The van der Waals surface area contributed by atoms with Gasteiger partial charge < -0.3 is 4.42 Å². The minimum absolute atomic E-state index is 0.311. The lowest BCUT2D eigenvalue weighted by Crippen LogP contribution is -2.01. The Labute approximate surface area is 249 Å². The summed E-state index contributed by atoms with van der Waals surface area (Å²) in [6, 6.07) is 41.3. The van der Waals surface area contributed by atoms with Gasteiger partial charge in [-0.1, -0.05) is 127 Å². The maximum absolute atomic E-state index is 6.67. The Morgan fingerprint density at radius 3 is 1.88 bits per heavy atom. The SMILES string of the molecule is C1=CC[C@H](c2ccccc2-c2ccc(-c3nc(-c4ccccc4)nc(-c4ccccc4)n3)c3c2oc2ccccc23)C=C1. The third-order valence-corrected chi connectivity index (χ3v) is 8.10. The van der Waals surface area contributed by atoms with Gasteiger partial charge in [0.1, 0.15) is 11.2 Å². The minimum atomic E-state index is 0.311. The van der Waals surface area contributed by atoms with Gasteiger partial charge in [-0.15, -0.1) is 0 Å². The first-order valence-electron chi connectivity index (χ1n) is 14.6. The second-order valence-electron chi connectivity index (χ2n) is 10.7. The molecule has 1 aliphatic rings. The molecule has 0 N–H and O–H groups in total. The number of allylic oxidation sites excluding steroid dienone is 4. The predicted octanol–water partition coefficient (Wildman–Crippen LogP) is 10.0. The zero-order valence-corrected chi connectivity index (χ0v) is 23.4. The molecule has 0 fully saturated rings. The van der Waals surface area contributed by atoms with Crippen molar-refractivity contribution in [2.45, 2.75) is 12.3 Å². The molecular weight excluding hydrogens is 526 g/mol. The number of benzene rings is 5. The van der Waals surface area contributed by atoms with E-state index in [-0.39, 0.29) is 0 Å². The van der Waals surface area contributed by atoms with Crippen molar-refractivity contribution in [1.29, 1.82) is 0 Å². The molecule has 2 heterocycles. The summed E-state index contributed by atoms with van der Waals surface area (Å²) in [5.74, 6) is 2.20. The molecular formula is C39H27N3O. The molecule has 5 aromatic carbocycles. The Bertz CT molecular complexity index is 2100. The van der Waals surface area contributed by atoms with Crippen LogP contribution in [0.1, 0.15) is 17.9 Å². The summed E-state index contributed by atoms with van der Waals surface area (Å²) in [6.45, 7) is 0. The molecule has 0 radical (unpaired) electrons. The minimum Gasteiger partial charge on any atom is -0.455 e. The molecule has 0 amide bonds. The van der Waals surface area contributed by atoms with Gasteiger partial charge in [0.05, 0.1) is 0 Å². The molecule has 7 aromatic rings. The van der Waals surface area contributed by atoms with Gasteiger partial charge in [0, 0.05) is 38.9 Å². The van der Waals surface area contributed by atoms with E-state index in [1.165, 1.54) is 11.1 Å². The van der Waals surface area contributed by atoms with Crippen LogP contribution in [-0.2, 0) is 0 Å². The fourth-order valence-corrected chi connectivity index (χ4v) is 6.03. The first-order valence-corrected chi connectivity index (χ1v) is 14.6. The van der Waals surface area contributed by atoms with Crippen LogP contribution in [0.2, 0.25) is 0 Å². The molecule has 204 valence electrons. The van der Waals surface area contributed by atoms with Crippen LogP contribution in [0, 0.1) is 0 Å². The Balaban J connectivity index is 1.39. The van der Waals surface area contributed by atoms with E-state index in [4.69, 9.17) is 19.4 Å². The van der Waals surface area contributed by atoms with Crippen LogP contribution < -0.4 is 0 Å². The van der Waals surface area contributed by atoms with Crippen LogP contribution in [0.15, 0.2) is 150 Å². The molecule has 0 unspecified atom stereocenters. The maximum Gasteiger partial charge on any atom is 0.164 e. The van der Waals surface area contributed by atoms with E-state index in [2.05, 4.69) is 72.8 Å². The van der Waals surface area contributed by atoms with E-state index in [1.807, 2.05) is 72.8 Å². The van der Waals surface area contributed by atoms with Crippen molar-refractivity contribution in [3.05, 3.63) is 151 Å². The highest BCUT2D eigenvalue weighted by molar-refractivity contribution is 6.16. The molecule has 4 heteroatoms. The van der Waals surface area contributed by atoms with Crippen molar-refractivity contribution in [1.82, 2.24) is 15.0 Å². The number of aromatic nitrogens is 3. The largest absolute Gasteiger partial charge is 0.455 e. The zero-order valence-electron chi connectivity index (χ0n) is 23.4. The van der Waals surface area contributed by atoms with Gasteiger partial charge >= 0.3 is 0 Å². The molecule has 4 nitrogen and oxygen atoms in total. The number of nitrogens with zero attached hydrogens (tertiary/aromatic N) is 3. The molecule has 0 aliphatic heterocycles. The first kappa shape index (κ1) is 25.1. The average molecular weight is 554 g/mol. The van der Waals surface area contributed by atoms with Crippen molar-refractivity contribution in [3.8, 4) is 45.3 Å². The summed E-state index contributed by atoms with van der Waals surface area (Å²) in [5, 5.41) is 2.04. The Hall–Kier alpha value is -5.61. The van der Waals surface area contributed by atoms with E-state index in [0.29, 0.717) is 23.4 Å². The van der Waals surface area contributed by atoms with E-state index in [1.54, 1.807) is 0 Å². The molecule has 0 bridgehead atoms. The summed E-state index contributed by atoms with van der Waals surface area (Å²) in [6.07, 6.45) is 9.75. The summed E-state index contributed by atoms with van der Waals surface area (Å²) in [5.41, 5.74) is 8.00. The molecule has 1 aliphatic carbocycles. The van der Waals surface area contributed by atoms with Crippen LogP contribution >= 0.6 is 0 Å². The molecule has 2 aromatic heterocycles. The molecule has 0 saturated heterocycles. The van der Waals surface area contributed by atoms with Crippen LogP contribution in [0.5, 0.6) is 0 Å². The zero-order chi connectivity index (χ0) is 28.6. The third-order valence-electron chi connectivity index (χ3n) is 8.10. The van der Waals surface area contributed by atoms with Gasteiger partial charge in [0.25, 0.3) is 0 Å². The summed E-state index contributed by atoms with van der Waals surface area (Å²) >= 11 is 0. The quantitative estimate of drug-likeness (QED) is 0.213. The lowest BCUT2D eigenvalue weighted by Gasteiger charge is -2.18. The monoisotopic (exact) mass is 553 g/mol. The van der Waals surface area contributed by atoms with Gasteiger partial charge in [0.2, 0.25) is 0 Å². The van der Waals surface area contributed by atoms with Crippen molar-refractivity contribution in [3.63, 3.8) is 0 Å². The van der Waals surface area contributed by atoms with E-state index < -0.39 is 0 Å². The summed E-state index contributed by atoms with van der Waals surface area (Å²) in [7, 11) is 0. The highest BCUT2D eigenvalue weighted by atomic mass is 16.3. The Morgan fingerprint density at radius 2 is 1.16 bits per heavy atom. The normalized spacial score (nSPS) is 14.5. The number of furan rings is 1. The van der Waals surface area contributed by atoms with Gasteiger partial charge in [-0.25, -0.2) is 15.0 Å². The molecule has 1 atom stereocenters. The fraction of sp³-hybridized carbons (Fsp3) is 0.0513. The number of para-hydroxylation sites is 1. The lowest BCUT2D eigenvalue weighted by atomic mass is 9.86. The van der Waals surface area contributed by atoms with Gasteiger partial charge in [0.15, 0.2) is 17.5 Å². The van der Waals surface area contributed by atoms with Gasteiger partial charge in [-0.3, -0.25) is 0 Å². The van der Waals surface area contributed by atoms with E-state index >= 15 is 0 Å². The lowest BCUT2D eigenvalue weighted by molar-refractivity contribution is 0.670. The molecule has 43 heavy (non-hydrogen) atoms. The number of fused-ring (bicyclic) bond motifs is 3. The molecule has 0 saturated carbocycles. The standard InChI is InChI=1S/C39H27N3O/c1-4-14-26(15-5-1)29-20-10-11-21-30(29)31-24-25-33(35-32-22-12-13-23-34(32)43-36(31)35)39-41-37(27-16-6-2-7-17-27)40-38(42-39)28-18-8-3-9-19-28/h1-14,16-26H,15H2/t26-/m1/s1. The Kier molecular flexibility index (Phi) is 6.23. The first-order chi connectivity index (χ1) is 21.3. The maximum atomic E-state index is 6.67. The smallest absolute Gasteiger partial charge is 0.164 e. The number of hydrogen-bond donors (Lipinski definition) is 0. The number of hydrogen-bond acceptors (Lipinski definition) is 4. The van der Waals surface area contributed by atoms with Crippen molar-refractivity contribution in [2.75, 3.05) is 0 Å². The van der Waals surface area contributed by atoms with Crippen LogP contribution in [0.4, 0.5) is 0 Å². The second-order valence-corrected chi connectivity index (χ2v) is 10.7. The van der Waals surface area contributed by atoms with Crippen molar-refractivity contribution in [2.24, 2.45) is 0 Å². The van der Waals surface area contributed by atoms with E-state index in [9.17, 15) is 0 Å². The average Bonchev–Trinajstić information content (AvgIpc) is 3.49. The fourth-order valence-electron chi connectivity index (χ4n) is 6.03. The van der Waals surface area contributed by atoms with Crippen LogP contribution in [0.3, 0.4) is 0 Å². The van der Waals surface area contributed by atoms with Crippen LogP contribution in [0.25, 0.3) is 67.2 Å². The topological polar surface area (TPSA) is 51.8 Å². The Morgan fingerprint density at radius 1 is 0.535 bits per heavy atom. The predicted molar refractivity (Wildman–Crippen MR) is 174 cm³/mol. The highest BCUT2D eigenvalue weighted by Crippen LogP contribution is 2.43. The van der Waals surface area contributed by atoms with Gasteiger partial charge in [-0.2, -0.15) is 0 Å². The van der Waals surface area contributed by atoms with Crippen LogP contribution in [-0.4, -0.2) is 15.0 Å². The van der Waals surface area contributed by atoms with Crippen molar-refractivity contribution >= 4 is 21.9 Å². The second kappa shape index (κ2) is 10.7. The third kappa shape index (κ3) is 4.54.